The van der Waals surface area contributed by atoms with Gasteiger partial charge in [0.1, 0.15) is 6.61 Å². The minimum absolute atomic E-state index is 0.00388. The van der Waals surface area contributed by atoms with E-state index in [9.17, 15) is 14.9 Å². The highest BCUT2D eigenvalue weighted by atomic mass is 16.6. The molecular weight excluding hydrogens is 679 g/mol. The first-order valence-electron chi connectivity index (χ1n) is 18.4. The number of nitrogens with one attached hydrogen (secondary N) is 1. The zero-order valence-electron chi connectivity index (χ0n) is 30.4. The van der Waals surface area contributed by atoms with Crippen LogP contribution in [0.25, 0.3) is 21.9 Å². The second-order valence-electron chi connectivity index (χ2n) is 14.0. The van der Waals surface area contributed by atoms with Crippen LogP contribution in [-0.2, 0) is 22.5 Å². The Morgan fingerprint density at radius 2 is 1.57 bits per heavy atom. The van der Waals surface area contributed by atoms with Gasteiger partial charge < -0.3 is 9.30 Å². The molecule has 1 aliphatic rings. The second-order valence-corrected chi connectivity index (χ2v) is 14.0. The highest BCUT2D eigenvalue weighted by molar-refractivity contribution is 5.96. The molecule has 2 atom stereocenters. The van der Waals surface area contributed by atoms with E-state index in [0.717, 1.165) is 62.0 Å². The number of benzene rings is 5. The number of nitro groups is 1. The number of carbonyl (C=O) groups is 2. The van der Waals surface area contributed by atoms with E-state index in [0.29, 0.717) is 24.7 Å². The maximum absolute atomic E-state index is 15.0. The number of amides is 2. The van der Waals surface area contributed by atoms with E-state index in [4.69, 9.17) is 4.74 Å². The highest BCUT2D eigenvalue weighted by Crippen LogP contribution is 2.44. The molecule has 54 heavy (non-hydrogen) atoms. The van der Waals surface area contributed by atoms with E-state index in [-0.39, 0.29) is 24.6 Å². The van der Waals surface area contributed by atoms with Crippen LogP contribution in [0.1, 0.15) is 66.5 Å². The van der Waals surface area contributed by atoms with E-state index < -0.39 is 22.8 Å². The topological polar surface area (TPSA) is 120 Å². The first kappa shape index (κ1) is 36.2. The number of imidazole rings is 1. The van der Waals surface area contributed by atoms with E-state index in [1.807, 2.05) is 71.3 Å². The third kappa shape index (κ3) is 7.65. The maximum Gasteiger partial charge on any atom is 0.431 e. The first-order chi connectivity index (χ1) is 26.3. The molecule has 0 spiro atoms. The van der Waals surface area contributed by atoms with E-state index in [1.54, 1.807) is 24.7 Å². The first-order valence-corrected chi connectivity index (χ1v) is 18.4. The van der Waals surface area contributed by atoms with Crippen molar-refractivity contribution in [1.82, 2.24) is 20.0 Å². The lowest BCUT2D eigenvalue weighted by Gasteiger charge is -2.28. The van der Waals surface area contributed by atoms with Crippen molar-refractivity contribution >= 4 is 28.5 Å². The average molecular weight is 722 g/mol. The summed E-state index contributed by atoms with van der Waals surface area (Å²) in [4.78, 5) is 44.6. The fourth-order valence-corrected chi connectivity index (χ4v) is 7.36. The number of carbonyl (C=O) groups excluding carboxylic acids is 2. The summed E-state index contributed by atoms with van der Waals surface area (Å²) in [5.41, 5.74) is 9.91. The highest BCUT2D eigenvalue weighted by Gasteiger charge is 2.36. The van der Waals surface area contributed by atoms with Gasteiger partial charge in [0.25, 0.3) is 11.6 Å². The Morgan fingerprint density at radius 1 is 0.907 bits per heavy atom. The van der Waals surface area contributed by atoms with Gasteiger partial charge in [0.15, 0.2) is 0 Å². The van der Waals surface area contributed by atoms with Gasteiger partial charge in [0.2, 0.25) is 0 Å². The second kappa shape index (κ2) is 16.3. The molecule has 5 aromatic carbocycles. The van der Waals surface area contributed by atoms with Crippen molar-refractivity contribution in [3.63, 3.8) is 0 Å². The van der Waals surface area contributed by atoms with E-state index in [1.165, 1.54) is 12.1 Å². The van der Waals surface area contributed by atoms with Gasteiger partial charge in [-0.25, -0.2) is 15.2 Å². The van der Waals surface area contributed by atoms with Gasteiger partial charge in [-0.15, -0.1) is 0 Å². The fourth-order valence-electron chi connectivity index (χ4n) is 7.36. The number of hydrazine groups is 1. The molecule has 6 aromatic rings. The van der Waals surface area contributed by atoms with Crippen molar-refractivity contribution in [2.45, 2.75) is 51.5 Å². The Balaban J connectivity index is 1.22. The number of non-ortho nitro benzene ring substituents is 1. The number of nitrogens with zero attached hydrogens (tertiary/aromatic N) is 4. The molecular formula is C44H43N5O5. The molecule has 0 saturated carbocycles. The van der Waals surface area contributed by atoms with Crippen LogP contribution >= 0.6 is 0 Å². The van der Waals surface area contributed by atoms with Crippen LogP contribution in [0.2, 0.25) is 0 Å². The lowest BCUT2D eigenvalue weighted by atomic mass is 9.92. The lowest BCUT2D eigenvalue weighted by Crippen LogP contribution is -2.50. The number of rotatable bonds is 14. The van der Waals surface area contributed by atoms with Gasteiger partial charge >= 0.3 is 6.09 Å². The Morgan fingerprint density at radius 3 is 2.28 bits per heavy atom. The van der Waals surface area contributed by atoms with Gasteiger partial charge in [-0.05, 0) is 62.9 Å². The summed E-state index contributed by atoms with van der Waals surface area (Å²) < 4.78 is 7.94. The Kier molecular flexibility index (Phi) is 10.9. The maximum atomic E-state index is 15.0. The van der Waals surface area contributed by atoms with Gasteiger partial charge in [-0.3, -0.25) is 14.9 Å². The Labute approximate surface area is 314 Å². The van der Waals surface area contributed by atoms with Crippen LogP contribution in [0.3, 0.4) is 0 Å². The Hall–Kier alpha value is -6.13. The minimum atomic E-state index is -0.840. The quantitative estimate of drug-likeness (QED) is 0.0881. The molecule has 1 N–H and O–H groups in total. The number of imide groups is 1. The number of hydrogen-bond acceptors (Lipinski definition) is 7. The number of hydrogen-bond donors (Lipinski definition) is 1. The standard InChI is InChI=1S/C44H43N5O5/c1-3-30(2)23-24-46-48(44(51)54-28-41-38-17-8-6-15-36(38)37-16-7-9-18-39(37)41)43(50)40(25-33-13-10-12-32-11-4-5-14-35(32)33)42-26-45-29-47(42)27-31-19-21-34(22-20-31)49(52)53/h4-22,26,29-30,40-41,46H,3,23-25,27-28H2,1-2H3/t30-,40?/m0/s1. The zero-order valence-corrected chi connectivity index (χ0v) is 30.4. The smallest absolute Gasteiger partial charge is 0.431 e. The summed E-state index contributed by atoms with van der Waals surface area (Å²) in [6.07, 6.45) is 4.54. The predicted molar refractivity (Wildman–Crippen MR) is 209 cm³/mol. The summed E-state index contributed by atoms with van der Waals surface area (Å²) in [6, 6.07) is 36.6. The SMILES string of the molecule is CC[C@H](C)CCNN(C(=O)OCC1c2ccccc2-c2ccccc21)C(=O)C(Cc1cccc2ccccc12)c1cncn1Cc1ccc([N+](=O)[O-])cc1. The van der Waals surface area contributed by atoms with Crippen molar-refractivity contribution in [1.29, 1.82) is 0 Å². The zero-order chi connectivity index (χ0) is 37.6. The summed E-state index contributed by atoms with van der Waals surface area (Å²) in [6.45, 7) is 5.04. The molecule has 0 bridgehead atoms. The molecule has 274 valence electrons. The molecule has 1 aromatic heterocycles. The van der Waals surface area contributed by atoms with Crippen molar-refractivity contribution < 1.29 is 19.2 Å². The molecule has 1 unspecified atom stereocenters. The third-order valence-electron chi connectivity index (χ3n) is 10.5. The van der Waals surface area contributed by atoms with Crippen LogP contribution in [0.5, 0.6) is 0 Å². The number of ether oxygens (including phenoxy) is 1. The summed E-state index contributed by atoms with van der Waals surface area (Å²) >= 11 is 0. The molecule has 1 heterocycles. The average Bonchev–Trinajstić information content (AvgIpc) is 3.79. The summed E-state index contributed by atoms with van der Waals surface area (Å²) in [7, 11) is 0. The number of aromatic nitrogens is 2. The minimum Gasteiger partial charge on any atom is -0.447 e. The van der Waals surface area contributed by atoms with Crippen molar-refractivity contribution in [3.8, 4) is 11.1 Å². The van der Waals surface area contributed by atoms with E-state index in [2.05, 4.69) is 48.5 Å². The molecule has 0 saturated heterocycles. The number of nitro benzene ring substituents is 1. The van der Waals surface area contributed by atoms with Crippen molar-refractivity contribution in [2.24, 2.45) is 5.92 Å². The molecule has 1 aliphatic carbocycles. The van der Waals surface area contributed by atoms with Crippen LogP contribution < -0.4 is 5.43 Å². The monoisotopic (exact) mass is 721 g/mol. The molecule has 0 radical (unpaired) electrons. The third-order valence-corrected chi connectivity index (χ3v) is 10.5. The van der Waals surface area contributed by atoms with Crippen molar-refractivity contribution in [2.75, 3.05) is 13.2 Å². The van der Waals surface area contributed by atoms with Gasteiger partial charge in [0, 0.05) is 37.3 Å². The van der Waals surface area contributed by atoms with Gasteiger partial charge in [-0.2, -0.15) is 5.01 Å². The normalized spacial score (nSPS) is 13.2. The van der Waals surface area contributed by atoms with Crippen molar-refractivity contribution in [3.05, 3.63) is 166 Å². The van der Waals surface area contributed by atoms with E-state index >= 15 is 4.79 Å². The Bertz CT molecular complexity index is 2230. The summed E-state index contributed by atoms with van der Waals surface area (Å²) in [5.74, 6) is -1.10. The van der Waals surface area contributed by atoms with Gasteiger partial charge in [-0.1, -0.05) is 123 Å². The molecule has 7 rings (SSSR count). The molecule has 0 fully saturated rings. The fraction of sp³-hybridized carbons (Fsp3) is 0.250. The van der Waals surface area contributed by atoms with Gasteiger partial charge in [0.05, 0.1) is 22.9 Å². The summed E-state index contributed by atoms with van der Waals surface area (Å²) in [5, 5.41) is 14.4. The predicted octanol–water partition coefficient (Wildman–Crippen LogP) is 9.04. The van der Waals surface area contributed by atoms with Crippen LogP contribution in [-0.4, -0.2) is 44.6 Å². The molecule has 10 nitrogen and oxygen atoms in total. The van der Waals surface area contributed by atoms with Crippen LogP contribution in [0, 0.1) is 16.0 Å². The lowest BCUT2D eigenvalue weighted by molar-refractivity contribution is -0.384. The van der Waals surface area contributed by atoms with Crippen LogP contribution in [0.15, 0.2) is 128 Å². The molecule has 10 heteroatoms. The molecule has 0 aliphatic heterocycles. The molecule has 2 amide bonds. The van der Waals surface area contributed by atoms with Crippen LogP contribution in [0.4, 0.5) is 10.5 Å². The number of fused-ring (bicyclic) bond motifs is 4. The largest absolute Gasteiger partial charge is 0.447 e.